The maximum absolute atomic E-state index is 12.8. The largest absolute Gasteiger partial charge is 0.439 e. The van der Waals surface area contributed by atoms with Crippen molar-refractivity contribution in [2.75, 3.05) is 11.6 Å². The zero-order valence-electron chi connectivity index (χ0n) is 16.6. The molecule has 1 aromatic carbocycles. The van der Waals surface area contributed by atoms with Crippen LogP contribution in [-0.4, -0.2) is 43.5 Å². The van der Waals surface area contributed by atoms with Gasteiger partial charge in [-0.15, -0.1) is 11.8 Å². The molecule has 1 aliphatic heterocycles. The van der Waals surface area contributed by atoms with Crippen LogP contribution in [0.15, 0.2) is 42.7 Å². The van der Waals surface area contributed by atoms with E-state index in [1.165, 1.54) is 12.1 Å². The van der Waals surface area contributed by atoms with Crippen LogP contribution in [0.3, 0.4) is 0 Å². The highest BCUT2D eigenvalue weighted by Gasteiger charge is 2.35. The zero-order chi connectivity index (χ0) is 22.0. The molecule has 2 aromatic heterocycles. The molecule has 4 rings (SSSR count). The summed E-state index contributed by atoms with van der Waals surface area (Å²) in [5.74, 6) is 1.74. The topological polar surface area (TPSA) is 106 Å². The quantitative estimate of drug-likeness (QED) is 0.352. The number of fused-ring (bicyclic) bond motifs is 1. The van der Waals surface area contributed by atoms with Gasteiger partial charge in [0.25, 0.3) is 5.69 Å². The highest BCUT2D eigenvalue weighted by Crippen LogP contribution is 2.30. The SMILES string of the molecule is [C-]#[N+][C@H]1CSCN1C(=O)[C@@H](C)Cc1c[nH]c2ccc(Oc3ccc([N+](=O)[O-])cn3)cc12. The number of nitro groups is 1. The van der Waals surface area contributed by atoms with Gasteiger partial charge in [0.15, 0.2) is 0 Å². The Labute approximate surface area is 182 Å². The molecule has 10 heteroatoms. The molecular formula is C21H19N5O4S. The molecule has 1 amide bonds. The maximum atomic E-state index is 12.8. The third-order valence-corrected chi connectivity index (χ3v) is 6.12. The first-order valence-corrected chi connectivity index (χ1v) is 10.7. The minimum absolute atomic E-state index is 0.0113. The summed E-state index contributed by atoms with van der Waals surface area (Å²) in [5.41, 5.74) is 1.78. The number of rotatable bonds is 6. The maximum Gasteiger partial charge on any atom is 0.310 e. The molecule has 1 aliphatic rings. The lowest BCUT2D eigenvalue weighted by Crippen LogP contribution is -2.38. The van der Waals surface area contributed by atoms with Crippen LogP contribution >= 0.6 is 11.8 Å². The van der Waals surface area contributed by atoms with Crippen LogP contribution in [0.5, 0.6) is 11.6 Å². The summed E-state index contributed by atoms with van der Waals surface area (Å²) in [6, 6.07) is 8.29. The predicted octanol–water partition coefficient (Wildman–Crippen LogP) is 4.22. The number of hydrogen-bond acceptors (Lipinski definition) is 6. The second-order valence-electron chi connectivity index (χ2n) is 7.26. The van der Waals surface area contributed by atoms with Gasteiger partial charge >= 0.3 is 6.17 Å². The Kier molecular flexibility index (Phi) is 5.77. The summed E-state index contributed by atoms with van der Waals surface area (Å²) in [6.45, 7) is 9.16. The fourth-order valence-electron chi connectivity index (χ4n) is 3.50. The van der Waals surface area contributed by atoms with Crippen LogP contribution in [0.4, 0.5) is 5.69 Å². The summed E-state index contributed by atoms with van der Waals surface area (Å²) in [7, 11) is 0. The molecule has 9 nitrogen and oxygen atoms in total. The van der Waals surface area contributed by atoms with Gasteiger partial charge in [0.2, 0.25) is 11.8 Å². The smallest absolute Gasteiger partial charge is 0.310 e. The molecule has 1 N–H and O–H groups in total. The number of ether oxygens (including phenoxy) is 1. The number of pyridine rings is 1. The molecule has 0 aliphatic carbocycles. The van der Waals surface area contributed by atoms with Crippen molar-refractivity contribution in [2.45, 2.75) is 19.5 Å². The number of carbonyl (C=O) groups is 1. The van der Waals surface area contributed by atoms with E-state index in [0.29, 0.717) is 23.8 Å². The second kappa shape index (κ2) is 8.65. The number of benzene rings is 1. The lowest BCUT2D eigenvalue weighted by molar-refractivity contribution is -0.385. The van der Waals surface area contributed by atoms with Gasteiger partial charge in [0, 0.05) is 35.2 Å². The van der Waals surface area contributed by atoms with Crippen molar-refractivity contribution < 1.29 is 14.5 Å². The third kappa shape index (κ3) is 4.32. The van der Waals surface area contributed by atoms with E-state index in [4.69, 9.17) is 11.3 Å². The van der Waals surface area contributed by atoms with Gasteiger partial charge in [-0.3, -0.25) is 24.7 Å². The average molecular weight is 437 g/mol. The molecule has 0 radical (unpaired) electrons. The third-order valence-electron chi connectivity index (χ3n) is 5.13. The molecular weight excluding hydrogens is 418 g/mol. The van der Waals surface area contributed by atoms with Crippen LogP contribution in [0.25, 0.3) is 15.7 Å². The van der Waals surface area contributed by atoms with E-state index in [9.17, 15) is 14.9 Å². The minimum Gasteiger partial charge on any atom is -0.439 e. The van der Waals surface area contributed by atoms with Gasteiger partial charge in [-0.2, -0.15) is 0 Å². The first-order valence-electron chi connectivity index (χ1n) is 9.59. The number of amides is 1. The van der Waals surface area contributed by atoms with Crippen LogP contribution in [0, 0.1) is 22.6 Å². The predicted molar refractivity (Wildman–Crippen MR) is 117 cm³/mol. The van der Waals surface area contributed by atoms with Gasteiger partial charge in [-0.25, -0.2) is 11.6 Å². The molecule has 3 aromatic rings. The lowest BCUT2D eigenvalue weighted by Gasteiger charge is -2.20. The summed E-state index contributed by atoms with van der Waals surface area (Å²) >= 11 is 1.60. The number of H-pyrrole nitrogens is 1. The first kappa shape index (κ1) is 20.7. The Morgan fingerprint density at radius 3 is 3.03 bits per heavy atom. The van der Waals surface area contributed by atoms with Gasteiger partial charge < -0.3 is 9.72 Å². The van der Waals surface area contributed by atoms with Crippen molar-refractivity contribution in [1.29, 1.82) is 0 Å². The van der Waals surface area contributed by atoms with E-state index in [1.807, 2.05) is 25.3 Å². The van der Waals surface area contributed by atoms with Gasteiger partial charge in [0.05, 0.1) is 16.6 Å². The molecule has 31 heavy (non-hydrogen) atoms. The second-order valence-corrected chi connectivity index (χ2v) is 8.26. The van der Waals surface area contributed by atoms with E-state index in [0.717, 1.165) is 22.7 Å². The zero-order valence-corrected chi connectivity index (χ0v) is 17.5. The lowest BCUT2D eigenvalue weighted by atomic mass is 9.99. The number of aromatic nitrogens is 2. The van der Waals surface area contributed by atoms with Gasteiger partial charge in [-0.1, -0.05) is 6.92 Å². The van der Waals surface area contributed by atoms with E-state index in [-0.39, 0.29) is 29.6 Å². The van der Waals surface area contributed by atoms with Crippen molar-refractivity contribution in [3.8, 4) is 11.6 Å². The number of nitrogens with zero attached hydrogens (tertiary/aromatic N) is 4. The number of aromatic amines is 1. The number of nitrogens with one attached hydrogen (secondary N) is 1. The average Bonchev–Trinajstić information content (AvgIpc) is 3.40. The Bertz CT molecular complexity index is 1170. The summed E-state index contributed by atoms with van der Waals surface area (Å²) < 4.78 is 5.75. The fourth-order valence-corrected chi connectivity index (χ4v) is 4.57. The molecule has 0 unspecified atom stereocenters. The van der Waals surface area contributed by atoms with Crippen LogP contribution in [0.2, 0.25) is 0 Å². The Balaban J connectivity index is 1.51. The van der Waals surface area contributed by atoms with E-state index in [1.54, 1.807) is 22.7 Å². The Morgan fingerprint density at radius 1 is 1.48 bits per heavy atom. The van der Waals surface area contributed by atoms with Crippen molar-refractivity contribution in [3.05, 3.63) is 69.8 Å². The van der Waals surface area contributed by atoms with Gasteiger partial charge in [0.1, 0.15) is 11.9 Å². The fraction of sp³-hybridized carbons (Fsp3) is 0.286. The molecule has 2 atom stereocenters. The van der Waals surface area contributed by atoms with Crippen molar-refractivity contribution >= 4 is 34.3 Å². The first-order chi connectivity index (χ1) is 15.0. The van der Waals surface area contributed by atoms with Gasteiger partial charge in [-0.05, 0) is 30.2 Å². The molecule has 158 valence electrons. The molecule has 1 fully saturated rings. The van der Waals surface area contributed by atoms with E-state index < -0.39 is 4.92 Å². The van der Waals surface area contributed by atoms with Crippen molar-refractivity contribution in [1.82, 2.24) is 14.9 Å². The van der Waals surface area contributed by atoms with Crippen molar-refractivity contribution in [3.63, 3.8) is 0 Å². The number of hydrogen-bond donors (Lipinski definition) is 1. The van der Waals surface area contributed by atoms with Crippen LogP contribution in [-0.2, 0) is 11.2 Å². The highest BCUT2D eigenvalue weighted by molar-refractivity contribution is 7.99. The summed E-state index contributed by atoms with van der Waals surface area (Å²) in [4.78, 5) is 35.5. The van der Waals surface area contributed by atoms with E-state index >= 15 is 0 Å². The van der Waals surface area contributed by atoms with E-state index in [2.05, 4.69) is 14.8 Å². The molecule has 0 spiro atoms. The number of carbonyl (C=O) groups excluding carboxylic acids is 1. The highest BCUT2D eigenvalue weighted by atomic mass is 32.2. The number of thioether (sulfide) groups is 1. The van der Waals surface area contributed by atoms with Crippen LogP contribution < -0.4 is 4.74 Å². The minimum atomic E-state index is -0.515. The molecule has 1 saturated heterocycles. The summed E-state index contributed by atoms with van der Waals surface area (Å²) in [5, 5.41) is 11.7. The Hall–Kier alpha value is -3.58. The molecule has 0 saturated carbocycles. The Morgan fingerprint density at radius 2 is 2.32 bits per heavy atom. The standard InChI is InChI=1S/C21H19N5O4S/c1-13(21(27)25-12-31-11-19(25)22-2)7-14-9-23-18-5-4-16(8-17(14)18)30-20-6-3-15(10-24-20)26(28)29/h3-6,8-10,13,19,23H,7,11-12H2,1H3/t13-,19+/m0/s1. The normalized spacial score (nSPS) is 16.8. The summed E-state index contributed by atoms with van der Waals surface area (Å²) in [6.07, 6.45) is 3.19. The van der Waals surface area contributed by atoms with Crippen LogP contribution in [0.1, 0.15) is 12.5 Å². The molecule has 0 bridgehead atoms. The van der Waals surface area contributed by atoms with Crippen molar-refractivity contribution in [2.24, 2.45) is 5.92 Å². The monoisotopic (exact) mass is 437 g/mol. The molecule has 3 heterocycles.